The van der Waals surface area contributed by atoms with Gasteiger partial charge >= 0.3 is 5.97 Å². The first kappa shape index (κ1) is 9.42. The van der Waals surface area contributed by atoms with Crippen molar-refractivity contribution in [2.75, 3.05) is 0 Å². The molecule has 0 spiro atoms. The van der Waals surface area contributed by atoms with Crippen LogP contribution in [0.2, 0.25) is 0 Å². The van der Waals surface area contributed by atoms with Gasteiger partial charge in [-0.2, -0.15) is 0 Å². The Morgan fingerprint density at radius 1 is 1.64 bits per heavy atom. The maximum atomic E-state index is 10.8. The minimum atomic E-state index is -1.04. The van der Waals surface area contributed by atoms with Crippen molar-refractivity contribution < 1.29 is 14.3 Å². The highest BCUT2D eigenvalue weighted by Crippen LogP contribution is 2.33. The summed E-state index contributed by atoms with van der Waals surface area (Å²) in [6.07, 6.45) is 2.99. The molecule has 0 fully saturated rings. The lowest BCUT2D eigenvalue weighted by molar-refractivity contribution is 0.0692. The van der Waals surface area contributed by atoms with E-state index in [1.807, 2.05) is 0 Å². The van der Waals surface area contributed by atoms with Gasteiger partial charge in [-0.25, -0.2) is 9.78 Å². The number of thiazole rings is 1. The molecule has 4 nitrogen and oxygen atoms in total. The smallest absolute Gasteiger partial charge is 0.356 e. The highest BCUT2D eigenvalue weighted by molar-refractivity contribution is 9.11. The van der Waals surface area contributed by atoms with E-state index in [1.165, 1.54) is 23.9 Å². The van der Waals surface area contributed by atoms with Crippen LogP contribution in [0.5, 0.6) is 0 Å². The number of aromatic nitrogens is 1. The molecule has 2 aromatic heterocycles. The zero-order valence-corrected chi connectivity index (χ0v) is 9.13. The predicted molar refractivity (Wildman–Crippen MR) is 54.5 cm³/mol. The highest BCUT2D eigenvalue weighted by atomic mass is 79.9. The first-order valence-corrected chi connectivity index (χ1v) is 5.21. The molecule has 0 aromatic carbocycles. The van der Waals surface area contributed by atoms with Gasteiger partial charge < -0.3 is 9.52 Å². The van der Waals surface area contributed by atoms with Crippen LogP contribution in [-0.2, 0) is 0 Å². The summed E-state index contributed by atoms with van der Waals surface area (Å²) in [6, 6.07) is 1.70. The average Bonchev–Trinajstić information content (AvgIpc) is 2.70. The second-order valence-corrected chi connectivity index (χ2v) is 4.74. The number of furan rings is 1. The summed E-state index contributed by atoms with van der Waals surface area (Å²) in [7, 11) is 0. The van der Waals surface area contributed by atoms with Crippen molar-refractivity contribution in [3.63, 3.8) is 0 Å². The Morgan fingerprint density at radius 3 is 3.00 bits per heavy atom. The lowest BCUT2D eigenvalue weighted by Gasteiger charge is -1.91. The van der Waals surface area contributed by atoms with Gasteiger partial charge in [0, 0.05) is 5.56 Å². The number of nitrogens with zero attached hydrogens (tertiary/aromatic N) is 1. The van der Waals surface area contributed by atoms with Crippen LogP contribution in [0, 0.1) is 0 Å². The van der Waals surface area contributed by atoms with Crippen LogP contribution < -0.4 is 0 Å². The van der Waals surface area contributed by atoms with Crippen LogP contribution in [0.15, 0.2) is 26.9 Å². The molecule has 2 aromatic rings. The summed E-state index contributed by atoms with van der Waals surface area (Å²) >= 11 is 4.42. The van der Waals surface area contributed by atoms with Crippen LogP contribution in [-0.4, -0.2) is 16.1 Å². The number of halogens is 1. The molecule has 14 heavy (non-hydrogen) atoms. The fraction of sp³-hybridized carbons (Fsp3) is 0. The number of rotatable bonds is 2. The predicted octanol–water partition coefficient (Wildman–Crippen LogP) is 2.86. The molecular formula is C8H4BrNO3S. The normalized spacial score (nSPS) is 10.4. The van der Waals surface area contributed by atoms with Gasteiger partial charge in [0.1, 0.15) is 0 Å². The molecule has 1 N–H and O–H groups in total. The third kappa shape index (κ3) is 1.58. The molecule has 0 radical (unpaired) electrons. The third-order valence-corrected chi connectivity index (χ3v) is 3.14. The van der Waals surface area contributed by atoms with E-state index < -0.39 is 5.97 Å². The fourth-order valence-electron chi connectivity index (χ4n) is 1.03. The molecule has 0 unspecified atom stereocenters. The highest BCUT2D eigenvalue weighted by Gasteiger charge is 2.18. The van der Waals surface area contributed by atoms with Gasteiger partial charge in [0.2, 0.25) is 0 Å². The Kier molecular flexibility index (Phi) is 2.39. The lowest BCUT2D eigenvalue weighted by atomic mass is 10.2. The monoisotopic (exact) mass is 273 g/mol. The number of carbonyl (C=O) groups is 1. The Hall–Kier alpha value is -1.14. The van der Waals surface area contributed by atoms with E-state index in [0.29, 0.717) is 8.79 Å². The molecule has 2 heterocycles. The standard InChI is InChI=1S/C8H4BrNO3S/c9-8-10-5(7(11)12)6(14-8)4-1-2-13-3-4/h1-3H,(H,11,12). The van der Waals surface area contributed by atoms with Gasteiger partial charge in [-0.1, -0.05) is 0 Å². The van der Waals surface area contributed by atoms with Gasteiger partial charge in [0.05, 0.1) is 17.4 Å². The van der Waals surface area contributed by atoms with Crippen LogP contribution in [0.25, 0.3) is 10.4 Å². The number of carboxylic acids is 1. The maximum Gasteiger partial charge on any atom is 0.356 e. The SMILES string of the molecule is O=C(O)c1nc(Br)sc1-c1ccoc1. The van der Waals surface area contributed by atoms with Gasteiger partial charge in [0.15, 0.2) is 9.61 Å². The summed E-state index contributed by atoms with van der Waals surface area (Å²) in [5, 5.41) is 8.87. The van der Waals surface area contributed by atoms with Crippen LogP contribution in [0.3, 0.4) is 0 Å². The summed E-state index contributed by atoms with van der Waals surface area (Å²) in [6.45, 7) is 0. The van der Waals surface area contributed by atoms with E-state index in [2.05, 4.69) is 20.9 Å². The zero-order chi connectivity index (χ0) is 10.1. The van der Waals surface area contributed by atoms with Crippen molar-refractivity contribution >= 4 is 33.2 Å². The molecule has 6 heteroatoms. The molecule has 72 valence electrons. The minimum Gasteiger partial charge on any atom is -0.476 e. The van der Waals surface area contributed by atoms with Crippen LogP contribution in [0.1, 0.15) is 10.5 Å². The zero-order valence-electron chi connectivity index (χ0n) is 6.73. The first-order valence-electron chi connectivity index (χ1n) is 3.60. The first-order chi connectivity index (χ1) is 6.68. The van der Waals surface area contributed by atoms with Crippen molar-refractivity contribution in [2.45, 2.75) is 0 Å². The summed E-state index contributed by atoms with van der Waals surface area (Å²) in [5.74, 6) is -1.04. The number of carboxylic acid groups (broad SMARTS) is 1. The Labute approximate surface area is 91.3 Å². The molecule has 0 atom stereocenters. The molecule has 0 amide bonds. The van der Waals surface area contributed by atoms with Gasteiger partial charge in [-0.15, -0.1) is 11.3 Å². The molecule has 0 aliphatic rings. The fourth-order valence-corrected chi connectivity index (χ4v) is 2.46. The molecule has 0 aliphatic heterocycles. The molecule has 2 rings (SSSR count). The quantitative estimate of drug-likeness (QED) is 0.914. The van der Waals surface area contributed by atoms with E-state index in [9.17, 15) is 4.79 Å². The van der Waals surface area contributed by atoms with Crippen molar-refractivity contribution in [1.29, 1.82) is 0 Å². The summed E-state index contributed by atoms with van der Waals surface area (Å²) < 4.78 is 5.43. The molecule has 0 saturated heterocycles. The van der Waals surface area contributed by atoms with E-state index in [-0.39, 0.29) is 5.69 Å². The van der Waals surface area contributed by atoms with E-state index in [0.717, 1.165) is 5.56 Å². The Balaban J connectivity index is 2.58. The maximum absolute atomic E-state index is 10.8. The second kappa shape index (κ2) is 3.55. The number of hydrogen-bond acceptors (Lipinski definition) is 4. The van der Waals surface area contributed by atoms with Crippen molar-refractivity contribution in [3.05, 3.63) is 28.2 Å². The minimum absolute atomic E-state index is 0.0447. The second-order valence-electron chi connectivity index (χ2n) is 2.46. The number of aromatic carboxylic acids is 1. The van der Waals surface area contributed by atoms with Gasteiger partial charge in [0.25, 0.3) is 0 Å². The van der Waals surface area contributed by atoms with Crippen molar-refractivity contribution in [3.8, 4) is 10.4 Å². The summed E-state index contributed by atoms with van der Waals surface area (Å²) in [5.41, 5.74) is 0.772. The van der Waals surface area contributed by atoms with Gasteiger partial charge in [-0.3, -0.25) is 0 Å². The van der Waals surface area contributed by atoms with Crippen LogP contribution in [0.4, 0.5) is 0 Å². The molecule has 0 aliphatic carbocycles. The molecule has 0 bridgehead atoms. The summed E-state index contributed by atoms with van der Waals surface area (Å²) in [4.78, 5) is 15.3. The van der Waals surface area contributed by atoms with Gasteiger partial charge in [-0.05, 0) is 22.0 Å². The Morgan fingerprint density at radius 2 is 2.43 bits per heavy atom. The van der Waals surface area contributed by atoms with Crippen LogP contribution >= 0.6 is 27.3 Å². The topological polar surface area (TPSA) is 63.3 Å². The van der Waals surface area contributed by atoms with E-state index in [1.54, 1.807) is 6.07 Å². The van der Waals surface area contributed by atoms with Crippen molar-refractivity contribution in [2.24, 2.45) is 0 Å². The third-order valence-electron chi connectivity index (χ3n) is 1.59. The van der Waals surface area contributed by atoms with E-state index in [4.69, 9.17) is 9.52 Å². The number of hydrogen-bond donors (Lipinski definition) is 1. The van der Waals surface area contributed by atoms with E-state index >= 15 is 0 Å². The largest absolute Gasteiger partial charge is 0.476 e. The molecular weight excluding hydrogens is 270 g/mol. The van der Waals surface area contributed by atoms with Crippen molar-refractivity contribution in [1.82, 2.24) is 4.98 Å². The Bertz CT molecular complexity index is 463. The lowest BCUT2D eigenvalue weighted by Crippen LogP contribution is -1.97. The molecule has 0 saturated carbocycles. The average molecular weight is 274 g/mol.